The largest absolute Gasteiger partial charge is 0.356 e. The molecule has 0 spiro atoms. The summed E-state index contributed by atoms with van der Waals surface area (Å²) in [6.07, 6.45) is 8.80. The Morgan fingerprint density at radius 2 is 1.76 bits per heavy atom. The van der Waals surface area contributed by atoms with Crippen LogP contribution in [0.25, 0.3) is 33.1 Å². The zero-order valence-electron chi connectivity index (χ0n) is 13.8. The first kappa shape index (κ1) is 14.5. The minimum Gasteiger partial charge on any atom is -0.356 e. The Hall–Kier alpha value is -2.79. The van der Waals surface area contributed by atoms with Crippen LogP contribution in [0.4, 0.5) is 0 Å². The maximum Gasteiger partial charge on any atom is 0.150 e. The number of aromatic nitrogens is 4. The van der Waals surface area contributed by atoms with Crippen molar-refractivity contribution in [3.05, 3.63) is 55.0 Å². The molecule has 0 amide bonds. The van der Waals surface area contributed by atoms with Gasteiger partial charge in [-0.15, -0.1) is 0 Å². The summed E-state index contributed by atoms with van der Waals surface area (Å²) >= 11 is 0. The van der Waals surface area contributed by atoms with E-state index in [0.29, 0.717) is 0 Å². The van der Waals surface area contributed by atoms with Crippen molar-refractivity contribution in [1.29, 1.82) is 0 Å². The fourth-order valence-electron chi connectivity index (χ4n) is 3.52. The molecule has 1 unspecified atom stereocenters. The van der Waals surface area contributed by atoms with E-state index < -0.39 is 0 Å². The van der Waals surface area contributed by atoms with E-state index in [4.69, 9.17) is 4.74 Å². The lowest BCUT2D eigenvalue weighted by Crippen LogP contribution is -2.18. The van der Waals surface area contributed by atoms with Crippen molar-refractivity contribution < 1.29 is 4.74 Å². The average Bonchev–Trinajstić information content (AvgIpc) is 3.11. The molecule has 5 nitrogen and oxygen atoms in total. The van der Waals surface area contributed by atoms with Gasteiger partial charge < -0.3 is 4.74 Å². The molecule has 0 bridgehead atoms. The Morgan fingerprint density at radius 3 is 2.64 bits per heavy atom. The second kappa shape index (κ2) is 5.93. The lowest BCUT2D eigenvalue weighted by atomic mass is 10.0. The van der Waals surface area contributed by atoms with Crippen LogP contribution in [0, 0.1) is 0 Å². The van der Waals surface area contributed by atoms with Gasteiger partial charge in [0.2, 0.25) is 0 Å². The Balaban J connectivity index is 1.55. The summed E-state index contributed by atoms with van der Waals surface area (Å²) in [6.45, 7) is 0.822. The highest BCUT2D eigenvalue weighted by molar-refractivity contribution is 5.87. The lowest BCUT2D eigenvalue weighted by Gasteiger charge is -2.23. The third kappa shape index (κ3) is 2.57. The van der Waals surface area contributed by atoms with Gasteiger partial charge in [0.05, 0.1) is 22.7 Å². The van der Waals surface area contributed by atoms with E-state index in [2.05, 4.69) is 45.4 Å². The number of hydrogen-bond acceptors (Lipinski definition) is 4. The van der Waals surface area contributed by atoms with Crippen LogP contribution < -0.4 is 0 Å². The normalized spacial score (nSPS) is 18.0. The minimum atomic E-state index is 0.0630. The average molecular weight is 330 g/mol. The van der Waals surface area contributed by atoms with E-state index in [9.17, 15) is 0 Å². The Labute approximate surface area is 145 Å². The van der Waals surface area contributed by atoms with Crippen LogP contribution in [0.15, 0.2) is 55.0 Å². The fraction of sp³-hybridized carbons (Fsp3) is 0.250. The van der Waals surface area contributed by atoms with Crippen molar-refractivity contribution >= 4 is 21.9 Å². The second-order valence-electron chi connectivity index (χ2n) is 6.44. The van der Waals surface area contributed by atoms with Crippen molar-refractivity contribution in [3.63, 3.8) is 0 Å². The predicted molar refractivity (Wildman–Crippen MR) is 97.1 cm³/mol. The van der Waals surface area contributed by atoms with E-state index in [1.165, 1.54) is 6.42 Å². The first-order valence-electron chi connectivity index (χ1n) is 8.68. The Morgan fingerprint density at radius 1 is 0.920 bits per heavy atom. The number of benzene rings is 2. The highest BCUT2D eigenvalue weighted by Crippen LogP contribution is 2.30. The fourth-order valence-corrected chi connectivity index (χ4v) is 3.52. The molecule has 5 heteroatoms. The van der Waals surface area contributed by atoms with Crippen LogP contribution >= 0.6 is 0 Å². The molecular formula is C20H18N4O. The van der Waals surface area contributed by atoms with Crippen LogP contribution in [0.5, 0.6) is 0 Å². The van der Waals surface area contributed by atoms with Gasteiger partial charge >= 0.3 is 0 Å². The molecular weight excluding hydrogens is 312 g/mol. The van der Waals surface area contributed by atoms with Gasteiger partial charge in [-0.05, 0) is 54.7 Å². The van der Waals surface area contributed by atoms with Gasteiger partial charge in [-0.2, -0.15) is 5.10 Å². The van der Waals surface area contributed by atoms with Crippen LogP contribution in [0.2, 0.25) is 0 Å². The van der Waals surface area contributed by atoms with Crippen molar-refractivity contribution in [2.24, 2.45) is 0 Å². The van der Waals surface area contributed by atoms with E-state index in [-0.39, 0.29) is 6.23 Å². The third-order valence-electron chi connectivity index (χ3n) is 4.83. The summed E-state index contributed by atoms with van der Waals surface area (Å²) in [5.41, 5.74) is 5.23. The molecule has 0 aliphatic carbocycles. The molecule has 1 atom stereocenters. The molecule has 2 aromatic carbocycles. The quantitative estimate of drug-likeness (QED) is 0.548. The second-order valence-corrected chi connectivity index (χ2v) is 6.44. The van der Waals surface area contributed by atoms with E-state index in [0.717, 1.165) is 52.5 Å². The van der Waals surface area contributed by atoms with Gasteiger partial charge in [0.15, 0.2) is 6.23 Å². The van der Waals surface area contributed by atoms with E-state index in [1.807, 2.05) is 16.9 Å². The molecule has 25 heavy (non-hydrogen) atoms. The van der Waals surface area contributed by atoms with E-state index >= 15 is 0 Å². The van der Waals surface area contributed by atoms with Gasteiger partial charge in [-0.1, -0.05) is 12.1 Å². The molecule has 1 saturated heterocycles. The first-order valence-corrected chi connectivity index (χ1v) is 8.68. The number of rotatable bonds is 2. The predicted octanol–water partition coefficient (Wildman–Crippen LogP) is 4.35. The van der Waals surface area contributed by atoms with Gasteiger partial charge in [0.1, 0.15) is 0 Å². The number of hydrogen-bond donors (Lipinski definition) is 0. The monoisotopic (exact) mass is 330 g/mol. The smallest absolute Gasteiger partial charge is 0.150 e. The number of ether oxygens (including phenoxy) is 1. The summed E-state index contributed by atoms with van der Waals surface area (Å²) in [4.78, 5) is 8.73. The zero-order chi connectivity index (χ0) is 16.6. The SMILES string of the molecule is c1cnc2cc(-c3ccc4c(cnn4C4CCCCO4)c3)ccc2n1. The summed E-state index contributed by atoms with van der Waals surface area (Å²) in [5.74, 6) is 0. The maximum atomic E-state index is 5.88. The molecule has 1 fully saturated rings. The number of nitrogens with zero attached hydrogens (tertiary/aromatic N) is 4. The summed E-state index contributed by atoms with van der Waals surface area (Å²) in [7, 11) is 0. The van der Waals surface area contributed by atoms with Gasteiger partial charge in [-0.25, -0.2) is 4.68 Å². The van der Waals surface area contributed by atoms with Crippen LogP contribution in [0.3, 0.4) is 0 Å². The maximum absolute atomic E-state index is 5.88. The summed E-state index contributed by atoms with van der Waals surface area (Å²) in [5, 5.41) is 5.70. The Bertz CT molecular complexity index is 1050. The molecule has 0 saturated carbocycles. The molecule has 124 valence electrons. The first-order chi connectivity index (χ1) is 12.4. The zero-order valence-corrected chi connectivity index (χ0v) is 13.8. The van der Waals surface area contributed by atoms with Gasteiger partial charge in [0.25, 0.3) is 0 Å². The highest BCUT2D eigenvalue weighted by atomic mass is 16.5. The van der Waals surface area contributed by atoms with Gasteiger partial charge in [-0.3, -0.25) is 9.97 Å². The topological polar surface area (TPSA) is 52.8 Å². The molecule has 4 aromatic rings. The highest BCUT2D eigenvalue weighted by Gasteiger charge is 2.18. The standard InChI is InChI=1S/C20H18N4O/c1-2-10-25-20(3-1)24-19-7-5-14(11-16(19)13-23-24)15-4-6-17-18(12-15)22-9-8-21-17/h4-9,11-13,20H,1-3,10H2. The van der Waals surface area contributed by atoms with Crippen molar-refractivity contribution in [1.82, 2.24) is 19.7 Å². The van der Waals surface area contributed by atoms with Crippen molar-refractivity contribution in [3.8, 4) is 11.1 Å². The third-order valence-corrected chi connectivity index (χ3v) is 4.83. The summed E-state index contributed by atoms with van der Waals surface area (Å²) in [6, 6.07) is 12.6. The van der Waals surface area contributed by atoms with Crippen LogP contribution in [-0.2, 0) is 4.74 Å². The van der Waals surface area contributed by atoms with Crippen LogP contribution in [-0.4, -0.2) is 26.4 Å². The van der Waals surface area contributed by atoms with Crippen molar-refractivity contribution in [2.75, 3.05) is 6.61 Å². The molecule has 1 aliphatic heterocycles. The van der Waals surface area contributed by atoms with Crippen LogP contribution in [0.1, 0.15) is 25.5 Å². The minimum absolute atomic E-state index is 0.0630. The molecule has 3 heterocycles. The molecule has 0 N–H and O–H groups in total. The molecule has 1 aliphatic rings. The molecule has 2 aromatic heterocycles. The number of fused-ring (bicyclic) bond motifs is 2. The van der Waals surface area contributed by atoms with E-state index in [1.54, 1.807) is 12.4 Å². The van der Waals surface area contributed by atoms with Crippen molar-refractivity contribution in [2.45, 2.75) is 25.5 Å². The molecule has 5 rings (SSSR count). The summed E-state index contributed by atoms with van der Waals surface area (Å²) < 4.78 is 7.90. The lowest BCUT2D eigenvalue weighted by molar-refractivity contribution is -0.0366. The Kier molecular flexibility index (Phi) is 3.45. The molecule has 0 radical (unpaired) electrons. The van der Waals surface area contributed by atoms with Gasteiger partial charge in [0, 0.05) is 24.4 Å².